The molecule has 1 heterocycles. The largest absolute Gasteiger partial charge is 0.465 e. The van der Waals surface area contributed by atoms with Gasteiger partial charge in [-0.15, -0.1) is 0 Å². The van der Waals surface area contributed by atoms with Gasteiger partial charge < -0.3 is 10.1 Å². The average molecular weight is 327 g/mol. The van der Waals surface area contributed by atoms with Crippen LogP contribution in [-0.4, -0.2) is 44.5 Å². The number of methoxy groups -OCH3 is 1. The normalized spacial score (nSPS) is 13.1. The van der Waals surface area contributed by atoms with Gasteiger partial charge in [0.1, 0.15) is 9.84 Å². The van der Waals surface area contributed by atoms with Gasteiger partial charge in [0.25, 0.3) is 0 Å². The van der Waals surface area contributed by atoms with E-state index in [1.165, 1.54) is 13.4 Å². The number of ether oxygens (including phenoxy) is 1. The summed E-state index contributed by atoms with van der Waals surface area (Å²) < 4.78 is 26.7. The molecule has 6 nitrogen and oxygen atoms in total. The molecule has 1 unspecified atom stereocenters. The number of carbonyl (C=O) groups is 1. The molecule has 1 aromatic heterocycles. The van der Waals surface area contributed by atoms with Gasteiger partial charge >= 0.3 is 5.97 Å². The minimum Gasteiger partial charge on any atom is -0.465 e. The maximum atomic E-state index is 11.3. The predicted octanol–water partition coefficient (Wildman–Crippen LogP) is 1.82. The van der Waals surface area contributed by atoms with E-state index in [2.05, 4.69) is 15.0 Å². The number of aromatic nitrogens is 1. The zero-order valence-corrected chi connectivity index (χ0v) is 13.2. The van der Waals surface area contributed by atoms with Gasteiger partial charge in [0.15, 0.2) is 15.2 Å². The highest BCUT2D eigenvalue weighted by Crippen LogP contribution is 2.28. The van der Waals surface area contributed by atoms with Crippen molar-refractivity contribution in [2.75, 3.05) is 24.4 Å². The highest BCUT2D eigenvalue weighted by atomic mass is 35.5. The Kier molecular flexibility index (Phi) is 5.57. The van der Waals surface area contributed by atoms with E-state index in [1.807, 2.05) is 6.92 Å². The fraction of sp³-hybridized carbons (Fsp3) is 0.600. The third-order valence-electron chi connectivity index (χ3n) is 2.25. The Morgan fingerprint density at radius 3 is 2.74 bits per heavy atom. The van der Waals surface area contributed by atoms with E-state index in [4.69, 9.17) is 11.6 Å². The number of hydrogen-bond donors (Lipinski definition) is 1. The number of thiazole rings is 1. The number of halogens is 1. The molecule has 0 saturated carbocycles. The van der Waals surface area contributed by atoms with Crippen LogP contribution in [0.15, 0.2) is 0 Å². The summed E-state index contributed by atoms with van der Waals surface area (Å²) in [6, 6.07) is -0.0950. The van der Waals surface area contributed by atoms with Crippen LogP contribution in [0.5, 0.6) is 0 Å². The van der Waals surface area contributed by atoms with Crippen LogP contribution in [0, 0.1) is 0 Å². The zero-order chi connectivity index (χ0) is 14.6. The van der Waals surface area contributed by atoms with Gasteiger partial charge in [0, 0.05) is 12.3 Å². The fourth-order valence-electron chi connectivity index (χ4n) is 1.26. The van der Waals surface area contributed by atoms with Crippen molar-refractivity contribution >= 4 is 43.9 Å². The Morgan fingerprint density at radius 2 is 2.21 bits per heavy atom. The second-order valence-electron chi connectivity index (χ2n) is 4.09. The average Bonchev–Trinajstić information content (AvgIpc) is 2.65. The molecule has 0 spiro atoms. The highest BCUT2D eigenvalue weighted by molar-refractivity contribution is 7.90. The van der Waals surface area contributed by atoms with Crippen LogP contribution < -0.4 is 5.32 Å². The van der Waals surface area contributed by atoms with E-state index < -0.39 is 15.8 Å². The first-order chi connectivity index (χ1) is 8.73. The quantitative estimate of drug-likeness (QED) is 0.802. The van der Waals surface area contributed by atoms with Crippen LogP contribution in [0.1, 0.15) is 23.0 Å². The van der Waals surface area contributed by atoms with Crippen molar-refractivity contribution in [1.29, 1.82) is 0 Å². The van der Waals surface area contributed by atoms with Crippen LogP contribution in [-0.2, 0) is 14.6 Å². The van der Waals surface area contributed by atoms with E-state index >= 15 is 0 Å². The second kappa shape index (κ2) is 6.53. The van der Waals surface area contributed by atoms with Crippen LogP contribution >= 0.6 is 22.9 Å². The summed E-state index contributed by atoms with van der Waals surface area (Å²) in [6.45, 7) is 1.83. The summed E-state index contributed by atoms with van der Waals surface area (Å²) in [6.07, 6.45) is 1.64. The maximum absolute atomic E-state index is 11.3. The van der Waals surface area contributed by atoms with Gasteiger partial charge in [-0.1, -0.05) is 22.9 Å². The van der Waals surface area contributed by atoms with E-state index in [0.717, 1.165) is 11.3 Å². The van der Waals surface area contributed by atoms with Crippen molar-refractivity contribution in [3.05, 3.63) is 10.0 Å². The van der Waals surface area contributed by atoms with E-state index in [1.54, 1.807) is 0 Å². The third kappa shape index (κ3) is 5.33. The van der Waals surface area contributed by atoms with Crippen molar-refractivity contribution < 1.29 is 17.9 Å². The predicted molar refractivity (Wildman–Crippen MR) is 75.9 cm³/mol. The summed E-state index contributed by atoms with van der Waals surface area (Å²) >= 11 is 6.89. The van der Waals surface area contributed by atoms with Crippen molar-refractivity contribution in [2.45, 2.75) is 19.4 Å². The molecule has 0 fully saturated rings. The van der Waals surface area contributed by atoms with Gasteiger partial charge in [-0.05, 0) is 13.3 Å². The Hall–Kier alpha value is -0.860. The topological polar surface area (TPSA) is 85.4 Å². The number of nitrogens with zero attached hydrogens (tertiary/aromatic N) is 1. The van der Waals surface area contributed by atoms with Crippen LogP contribution in [0.3, 0.4) is 0 Å². The molecule has 0 bridgehead atoms. The monoisotopic (exact) mass is 326 g/mol. The minimum absolute atomic E-state index is 0.0784. The van der Waals surface area contributed by atoms with Crippen molar-refractivity contribution in [2.24, 2.45) is 0 Å². The van der Waals surface area contributed by atoms with Gasteiger partial charge in [-0.2, -0.15) is 0 Å². The van der Waals surface area contributed by atoms with Crippen LogP contribution in [0.2, 0.25) is 5.15 Å². The Balaban J connectivity index is 2.65. The van der Waals surface area contributed by atoms with Gasteiger partial charge in [-0.3, -0.25) is 0 Å². The summed E-state index contributed by atoms with van der Waals surface area (Å²) in [4.78, 5) is 15.6. The number of esters is 1. The molecule has 0 aromatic carbocycles. The molecular formula is C10H15ClN2O4S2. The molecule has 0 saturated heterocycles. The van der Waals surface area contributed by atoms with Crippen LogP contribution in [0.4, 0.5) is 5.13 Å². The number of rotatable bonds is 6. The standard InChI is InChI=1S/C10H15ClN2O4S2/c1-6(4-5-19(3,15)16)12-10-13-8(11)7(18-10)9(14)17-2/h6H,4-5H2,1-3H3,(H,12,13). The van der Waals surface area contributed by atoms with Gasteiger partial charge in [0.05, 0.1) is 12.9 Å². The SMILES string of the molecule is COC(=O)c1sc(NC(C)CCS(C)(=O)=O)nc1Cl. The van der Waals surface area contributed by atoms with Crippen molar-refractivity contribution in [1.82, 2.24) is 4.98 Å². The molecule has 1 aromatic rings. The number of nitrogens with one attached hydrogen (secondary N) is 1. The Morgan fingerprint density at radius 1 is 1.58 bits per heavy atom. The minimum atomic E-state index is -2.99. The van der Waals surface area contributed by atoms with E-state index in [9.17, 15) is 13.2 Å². The lowest BCUT2D eigenvalue weighted by atomic mass is 10.3. The zero-order valence-electron chi connectivity index (χ0n) is 10.8. The molecule has 0 aliphatic heterocycles. The Labute approximate surface area is 121 Å². The number of carbonyl (C=O) groups excluding carboxylic acids is 1. The summed E-state index contributed by atoms with van der Waals surface area (Å²) in [7, 11) is -1.72. The highest BCUT2D eigenvalue weighted by Gasteiger charge is 2.18. The van der Waals surface area contributed by atoms with E-state index in [-0.39, 0.29) is 21.8 Å². The lowest BCUT2D eigenvalue weighted by Crippen LogP contribution is -2.19. The molecule has 108 valence electrons. The molecule has 1 atom stereocenters. The molecular weight excluding hydrogens is 312 g/mol. The molecule has 1 rings (SSSR count). The van der Waals surface area contributed by atoms with E-state index in [0.29, 0.717) is 11.6 Å². The molecule has 1 N–H and O–H groups in total. The van der Waals surface area contributed by atoms with Crippen LogP contribution in [0.25, 0.3) is 0 Å². The van der Waals surface area contributed by atoms with Gasteiger partial charge in [0.2, 0.25) is 0 Å². The van der Waals surface area contributed by atoms with Gasteiger partial charge in [-0.25, -0.2) is 18.2 Å². The number of sulfone groups is 1. The Bertz CT molecular complexity index is 556. The third-order valence-corrected chi connectivity index (χ3v) is 4.58. The lowest BCUT2D eigenvalue weighted by molar-refractivity contribution is 0.0606. The molecule has 0 aliphatic carbocycles. The maximum Gasteiger partial charge on any atom is 0.351 e. The first-order valence-corrected chi connectivity index (χ1v) is 8.67. The molecule has 0 aliphatic rings. The summed E-state index contributed by atoms with van der Waals surface area (Å²) in [5.41, 5.74) is 0. The fourth-order valence-corrected chi connectivity index (χ4v) is 3.25. The van der Waals surface area contributed by atoms with Crippen molar-refractivity contribution in [3.63, 3.8) is 0 Å². The second-order valence-corrected chi connectivity index (χ2v) is 7.71. The summed E-state index contributed by atoms with van der Waals surface area (Å²) in [5.74, 6) is -0.455. The first kappa shape index (κ1) is 16.2. The molecule has 0 amide bonds. The molecule has 19 heavy (non-hydrogen) atoms. The number of anilines is 1. The first-order valence-electron chi connectivity index (χ1n) is 5.42. The molecule has 9 heteroatoms. The smallest absolute Gasteiger partial charge is 0.351 e. The van der Waals surface area contributed by atoms with Crippen molar-refractivity contribution in [3.8, 4) is 0 Å². The lowest BCUT2D eigenvalue weighted by Gasteiger charge is -2.11. The molecule has 0 radical (unpaired) electrons. The summed E-state index contributed by atoms with van der Waals surface area (Å²) in [5, 5.41) is 3.55. The number of hydrogen-bond acceptors (Lipinski definition) is 7.